The summed E-state index contributed by atoms with van der Waals surface area (Å²) in [6.45, 7) is 0.513. The molecule has 1 aliphatic carbocycles. The van der Waals surface area contributed by atoms with Gasteiger partial charge in [0, 0.05) is 19.7 Å². The van der Waals surface area contributed by atoms with Gasteiger partial charge in [0.05, 0.1) is 25.3 Å². The van der Waals surface area contributed by atoms with Gasteiger partial charge in [-0.1, -0.05) is 0 Å². The summed E-state index contributed by atoms with van der Waals surface area (Å²) >= 11 is 0. The SMILES string of the molecule is COC(=O)C1(C(N)=O)CCC(Cn2c(=O)n(C)c3ccc(OC)cc32)CC1. The molecule has 2 aromatic rings. The van der Waals surface area contributed by atoms with Crippen molar-refractivity contribution < 1.29 is 19.1 Å². The molecule has 1 heterocycles. The molecule has 0 unspecified atom stereocenters. The Morgan fingerprint density at radius 3 is 2.44 bits per heavy atom. The van der Waals surface area contributed by atoms with Crippen LogP contribution in [0.2, 0.25) is 0 Å². The molecule has 0 atom stereocenters. The average molecular weight is 375 g/mol. The molecule has 1 saturated carbocycles. The van der Waals surface area contributed by atoms with Crippen molar-refractivity contribution in [1.29, 1.82) is 0 Å². The van der Waals surface area contributed by atoms with Gasteiger partial charge in [-0.3, -0.25) is 18.7 Å². The summed E-state index contributed by atoms with van der Waals surface area (Å²) in [6, 6.07) is 5.54. The summed E-state index contributed by atoms with van der Waals surface area (Å²) in [5.41, 5.74) is 5.79. The van der Waals surface area contributed by atoms with Crippen LogP contribution in [0.3, 0.4) is 0 Å². The molecule has 27 heavy (non-hydrogen) atoms. The molecular formula is C19H25N3O5. The molecule has 2 N–H and O–H groups in total. The van der Waals surface area contributed by atoms with Crippen LogP contribution in [0, 0.1) is 11.3 Å². The number of nitrogens with zero attached hydrogens (tertiary/aromatic N) is 2. The van der Waals surface area contributed by atoms with Gasteiger partial charge in [-0.2, -0.15) is 0 Å². The lowest BCUT2D eigenvalue weighted by atomic mass is 9.70. The van der Waals surface area contributed by atoms with E-state index in [9.17, 15) is 14.4 Å². The number of hydrogen-bond acceptors (Lipinski definition) is 5. The van der Waals surface area contributed by atoms with Gasteiger partial charge in [0.1, 0.15) is 11.2 Å². The maximum absolute atomic E-state index is 12.7. The van der Waals surface area contributed by atoms with Crippen molar-refractivity contribution in [2.45, 2.75) is 32.2 Å². The van der Waals surface area contributed by atoms with E-state index < -0.39 is 17.3 Å². The highest BCUT2D eigenvalue weighted by Crippen LogP contribution is 2.40. The van der Waals surface area contributed by atoms with Crippen LogP contribution in [-0.4, -0.2) is 35.2 Å². The standard InChI is InChI=1S/C19H25N3O5/c1-21-14-5-4-13(26-2)10-15(14)22(18(21)25)11-12-6-8-19(9-7-12,16(20)23)17(24)27-3/h4-5,10,12H,6-9,11H2,1-3H3,(H2,20,23). The maximum Gasteiger partial charge on any atom is 0.328 e. The lowest BCUT2D eigenvalue weighted by Gasteiger charge is -2.35. The van der Waals surface area contributed by atoms with Crippen LogP contribution < -0.4 is 16.2 Å². The number of benzene rings is 1. The molecule has 8 heteroatoms. The number of aromatic nitrogens is 2. The average Bonchev–Trinajstić information content (AvgIpc) is 2.92. The summed E-state index contributed by atoms with van der Waals surface area (Å²) in [7, 11) is 4.59. The number of primary amides is 1. The van der Waals surface area contributed by atoms with E-state index in [1.807, 2.05) is 18.2 Å². The molecule has 1 aliphatic rings. The van der Waals surface area contributed by atoms with Crippen molar-refractivity contribution in [3.8, 4) is 5.75 Å². The molecule has 0 bridgehead atoms. The van der Waals surface area contributed by atoms with Gasteiger partial charge < -0.3 is 15.2 Å². The van der Waals surface area contributed by atoms with Gasteiger partial charge in [-0.25, -0.2) is 4.79 Å². The Morgan fingerprint density at radius 2 is 1.89 bits per heavy atom. The monoisotopic (exact) mass is 375 g/mol. The Morgan fingerprint density at radius 1 is 1.22 bits per heavy atom. The molecule has 0 radical (unpaired) electrons. The summed E-state index contributed by atoms with van der Waals surface area (Å²) in [5.74, 6) is -0.360. The van der Waals surface area contributed by atoms with E-state index >= 15 is 0 Å². The Hall–Kier alpha value is -2.77. The predicted octanol–water partition coefficient (Wildman–Crippen LogP) is 1.18. The van der Waals surface area contributed by atoms with Crippen LogP contribution >= 0.6 is 0 Å². The number of methoxy groups -OCH3 is 2. The number of aryl methyl sites for hydroxylation is 1. The van der Waals surface area contributed by atoms with E-state index in [-0.39, 0.29) is 11.6 Å². The van der Waals surface area contributed by atoms with Crippen molar-refractivity contribution in [1.82, 2.24) is 9.13 Å². The van der Waals surface area contributed by atoms with E-state index in [4.69, 9.17) is 15.2 Å². The first kappa shape index (κ1) is 19.0. The number of carbonyl (C=O) groups is 2. The summed E-state index contributed by atoms with van der Waals surface area (Å²) < 4.78 is 13.4. The number of ether oxygens (including phenoxy) is 2. The largest absolute Gasteiger partial charge is 0.497 e. The smallest absolute Gasteiger partial charge is 0.328 e. The van der Waals surface area contributed by atoms with E-state index in [0.717, 1.165) is 11.0 Å². The second-order valence-electron chi connectivity index (χ2n) is 7.19. The number of amides is 1. The molecule has 0 aliphatic heterocycles. The molecule has 146 valence electrons. The van der Waals surface area contributed by atoms with Crippen LogP contribution in [0.25, 0.3) is 11.0 Å². The van der Waals surface area contributed by atoms with Crippen LogP contribution in [-0.2, 0) is 27.9 Å². The lowest BCUT2D eigenvalue weighted by Crippen LogP contribution is -2.47. The zero-order valence-electron chi connectivity index (χ0n) is 15.9. The van der Waals surface area contributed by atoms with Gasteiger partial charge in [-0.15, -0.1) is 0 Å². The van der Waals surface area contributed by atoms with Crippen molar-refractivity contribution in [3.05, 3.63) is 28.7 Å². The summed E-state index contributed by atoms with van der Waals surface area (Å²) in [6.07, 6.45) is 1.90. The highest BCUT2D eigenvalue weighted by Gasteiger charge is 2.48. The van der Waals surface area contributed by atoms with Crippen molar-refractivity contribution in [2.24, 2.45) is 24.1 Å². The third-order valence-corrected chi connectivity index (χ3v) is 5.80. The maximum atomic E-state index is 12.7. The van der Waals surface area contributed by atoms with Crippen molar-refractivity contribution in [3.63, 3.8) is 0 Å². The predicted molar refractivity (Wildman–Crippen MR) is 99.3 cm³/mol. The highest BCUT2D eigenvalue weighted by molar-refractivity contribution is 6.02. The van der Waals surface area contributed by atoms with Gasteiger partial charge in [0.25, 0.3) is 0 Å². The molecule has 1 fully saturated rings. The molecular weight excluding hydrogens is 350 g/mol. The third-order valence-electron chi connectivity index (χ3n) is 5.80. The fourth-order valence-corrected chi connectivity index (χ4v) is 4.05. The second-order valence-corrected chi connectivity index (χ2v) is 7.19. The fraction of sp³-hybridized carbons (Fsp3) is 0.526. The first-order chi connectivity index (χ1) is 12.8. The van der Waals surface area contributed by atoms with Crippen LogP contribution in [0.15, 0.2) is 23.0 Å². The molecule has 0 spiro atoms. The van der Waals surface area contributed by atoms with Crippen LogP contribution in [0.4, 0.5) is 0 Å². The fourth-order valence-electron chi connectivity index (χ4n) is 4.05. The number of esters is 1. The lowest BCUT2D eigenvalue weighted by molar-refractivity contribution is -0.160. The number of hydrogen-bond donors (Lipinski definition) is 1. The van der Waals surface area contributed by atoms with Gasteiger partial charge in [0.2, 0.25) is 5.91 Å². The first-order valence-electron chi connectivity index (χ1n) is 8.95. The molecule has 3 rings (SSSR count). The van der Waals surface area contributed by atoms with Crippen molar-refractivity contribution >= 4 is 22.9 Å². The number of imidazole rings is 1. The zero-order chi connectivity index (χ0) is 19.8. The normalized spacial score (nSPS) is 22.6. The Bertz CT molecular complexity index is 935. The number of carbonyl (C=O) groups excluding carboxylic acids is 2. The molecule has 8 nitrogen and oxygen atoms in total. The van der Waals surface area contributed by atoms with E-state index in [1.54, 1.807) is 23.3 Å². The molecule has 0 saturated heterocycles. The number of fused-ring (bicyclic) bond motifs is 1. The number of rotatable bonds is 5. The minimum atomic E-state index is -1.25. The van der Waals surface area contributed by atoms with E-state index in [1.165, 1.54) is 7.11 Å². The molecule has 1 amide bonds. The summed E-state index contributed by atoms with van der Waals surface area (Å²) in [4.78, 5) is 36.7. The van der Waals surface area contributed by atoms with Crippen molar-refractivity contribution in [2.75, 3.05) is 14.2 Å². The van der Waals surface area contributed by atoms with Gasteiger partial charge in [-0.05, 0) is 43.7 Å². The van der Waals surface area contributed by atoms with Gasteiger partial charge >= 0.3 is 11.7 Å². The second kappa shape index (κ2) is 7.09. The van der Waals surface area contributed by atoms with Crippen LogP contribution in [0.5, 0.6) is 5.75 Å². The third kappa shape index (κ3) is 3.09. The van der Waals surface area contributed by atoms with Gasteiger partial charge in [0.15, 0.2) is 0 Å². The molecule has 1 aromatic carbocycles. The Balaban J connectivity index is 1.86. The van der Waals surface area contributed by atoms with E-state index in [2.05, 4.69) is 0 Å². The topological polar surface area (TPSA) is 106 Å². The minimum absolute atomic E-state index is 0.0991. The molecule has 1 aromatic heterocycles. The Kier molecular flexibility index (Phi) is 4.99. The van der Waals surface area contributed by atoms with E-state index in [0.29, 0.717) is 38.0 Å². The number of nitrogens with two attached hydrogens (primary N) is 1. The first-order valence-corrected chi connectivity index (χ1v) is 8.95. The highest BCUT2D eigenvalue weighted by atomic mass is 16.5. The zero-order valence-corrected chi connectivity index (χ0v) is 15.9. The Labute approximate surface area is 156 Å². The minimum Gasteiger partial charge on any atom is -0.497 e. The summed E-state index contributed by atoms with van der Waals surface area (Å²) in [5, 5.41) is 0. The quantitative estimate of drug-likeness (QED) is 0.624. The van der Waals surface area contributed by atoms with Crippen LogP contribution in [0.1, 0.15) is 25.7 Å².